The van der Waals surface area contributed by atoms with Crippen molar-refractivity contribution >= 4 is 49.1 Å². The topological polar surface area (TPSA) is 100 Å². The van der Waals surface area contributed by atoms with Crippen LogP contribution in [0.1, 0.15) is 28.8 Å². The van der Waals surface area contributed by atoms with E-state index in [0.717, 1.165) is 28.9 Å². The number of nitrogens with one attached hydrogen (secondary N) is 3. The summed E-state index contributed by atoms with van der Waals surface area (Å²) in [6.07, 6.45) is 5.85. The summed E-state index contributed by atoms with van der Waals surface area (Å²) in [5, 5.41) is 10.1. The van der Waals surface area contributed by atoms with Crippen molar-refractivity contribution in [2.45, 2.75) is 25.4 Å². The first-order valence-electron chi connectivity index (χ1n) is 11.7. The molecule has 6 rings (SSSR count). The maximum Gasteiger partial charge on any atom is 0.258 e. The van der Waals surface area contributed by atoms with Gasteiger partial charge in [0, 0.05) is 38.1 Å². The second kappa shape index (κ2) is 9.09. The van der Waals surface area contributed by atoms with Crippen LogP contribution in [0.4, 0.5) is 5.82 Å². The number of anilines is 1. The Morgan fingerprint density at radius 3 is 2.71 bits per heavy atom. The normalized spacial score (nSPS) is 13.5. The Morgan fingerprint density at radius 1 is 1.06 bits per heavy atom. The highest BCUT2D eigenvalue weighted by Crippen LogP contribution is 2.31. The highest BCUT2D eigenvalue weighted by atomic mass is 32.1. The molecule has 0 spiro atoms. The Bertz CT molecular complexity index is 1610. The van der Waals surface area contributed by atoms with Crippen LogP contribution in [0.3, 0.4) is 0 Å². The highest BCUT2D eigenvalue weighted by molar-refractivity contribution is 7.24. The van der Waals surface area contributed by atoms with Gasteiger partial charge in [-0.2, -0.15) is 0 Å². The molecule has 0 saturated heterocycles. The molecule has 8 nitrogen and oxygen atoms in total. The van der Waals surface area contributed by atoms with Crippen molar-refractivity contribution in [2.75, 3.05) is 18.4 Å². The van der Waals surface area contributed by atoms with E-state index in [1.807, 2.05) is 40.8 Å². The molecule has 1 saturated carbocycles. The molecule has 1 aromatic carbocycles. The SMILES string of the molecule is O=C(NCc1ccncc1)c1c(=O)c2ccc(NCCNC3CC3)nc2n2c1sc1ccccc12. The fourth-order valence-corrected chi connectivity index (χ4v) is 5.40. The third kappa shape index (κ3) is 4.24. The van der Waals surface area contributed by atoms with Crippen molar-refractivity contribution in [2.24, 2.45) is 0 Å². The van der Waals surface area contributed by atoms with Crippen molar-refractivity contribution in [3.63, 3.8) is 0 Å². The predicted molar refractivity (Wildman–Crippen MR) is 139 cm³/mol. The molecule has 9 heteroatoms. The Labute approximate surface area is 205 Å². The molecule has 176 valence electrons. The zero-order valence-corrected chi connectivity index (χ0v) is 19.8. The Morgan fingerprint density at radius 2 is 1.89 bits per heavy atom. The van der Waals surface area contributed by atoms with Crippen LogP contribution in [0.2, 0.25) is 0 Å². The number of hydrogen-bond donors (Lipinski definition) is 3. The van der Waals surface area contributed by atoms with E-state index >= 15 is 0 Å². The zero-order chi connectivity index (χ0) is 23.8. The molecular weight excluding hydrogens is 460 g/mol. The van der Waals surface area contributed by atoms with Crippen LogP contribution in [0.5, 0.6) is 0 Å². The largest absolute Gasteiger partial charge is 0.369 e. The van der Waals surface area contributed by atoms with Gasteiger partial charge < -0.3 is 16.0 Å². The molecule has 0 unspecified atom stereocenters. The first-order chi connectivity index (χ1) is 17.2. The molecule has 5 aromatic rings. The lowest BCUT2D eigenvalue weighted by molar-refractivity contribution is 0.0951. The van der Waals surface area contributed by atoms with E-state index in [1.54, 1.807) is 24.5 Å². The molecule has 1 fully saturated rings. The van der Waals surface area contributed by atoms with Crippen LogP contribution < -0.4 is 21.4 Å². The van der Waals surface area contributed by atoms with Gasteiger partial charge in [0.1, 0.15) is 16.2 Å². The third-order valence-electron chi connectivity index (χ3n) is 6.16. The van der Waals surface area contributed by atoms with Gasteiger partial charge in [-0.15, -0.1) is 11.3 Å². The molecule has 0 bridgehead atoms. The number of pyridine rings is 3. The van der Waals surface area contributed by atoms with Gasteiger partial charge in [0.25, 0.3) is 5.91 Å². The fraction of sp³-hybridized carbons (Fsp3) is 0.231. The van der Waals surface area contributed by atoms with Crippen LogP contribution in [0.15, 0.2) is 65.7 Å². The lowest BCUT2D eigenvalue weighted by atomic mass is 10.1. The number of carbonyl (C=O) groups is 1. The molecular formula is C26H24N6O2S. The number of nitrogens with zero attached hydrogens (tertiary/aromatic N) is 3. The van der Waals surface area contributed by atoms with E-state index in [2.05, 4.69) is 20.9 Å². The first kappa shape index (κ1) is 21.7. The zero-order valence-electron chi connectivity index (χ0n) is 19.0. The lowest BCUT2D eigenvalue weighted by Gasteiger charge is -2.11. The van der Waals surface area contributed by atoms with Gasteiger partial charge in [-0.1, -0.05) is 12.1 Å². The molecule has 0 radical (unpaired) electrons. The van der Waals surface area contributed by atoms with E-state index in [9.17, 15) is 9.59 Å². The molecule has 4 aromatic heterocycles. The average Bonchev–Trinajstić information content (AvgIpc) is 3.64. The van der Waals surface area contributed by atoms with Crippen molar-refractivity contribution < 1.29 is 4.79 Å². The number of amides is 1. The minimum absolute atomic E-state index is 0.142. The summed E-state index contributed by atoms with van der Waals surface area (Å²) in [5.41, 5.74) is 2.21. The molecule has 4 heterocycles. The minimum Gasteiger partial charge on any atom is -0.369 e. The van der Waals surface area contributed by atoms with Crippen molar-refractivity contribution in [1.29, 1.82) is 0 Å². The molecule has 0 atom stereocenters. The van der Waals surface area contributed by atoms with E-state index in [0.29, 0.717) is 34.3 Å². The van der Waals surface area contributed by atoms with Crippen molar-refractivity contribution in [3.8, 4) is 0 Å². The summed E-state index contributed by atoms with van der Waals surface area (Å²) in [6, 6.07) is 15.8. The van der Waals surface area contributed by atoms with Crippen LogP contribution in [0, 0.1) is 0 Å². The van der Waals surface area contributed by atoms with Gasteiger partial charge in [-0.25, -0.2) is 4.98 Å². The summed E-state index contributed by atoms with van der Waals surface area (Å²) in [4.78, 5) is 36.3. The van der Waals surface area contributed by atoms with Crippen molar-refractivity contribution in [1.82, 2.24) is 25.0 Å². The smallest absolute Gasteiger partial charge is 0.258 e. The average molecular weight is 485 g/mol. The number of para-hydroxylation sites is 1. The summed E-state index contributed by atoms with van der Waals surface area (Å²) in [5.74, 6) is 0.305. The summed E-state index contributed by atoms with van der Waals surface area (Å²) >= 11 is 1.43. The number of aromatic nitrogens is 3. The number of thiazole rings is 1. The standard InChI is InChI=1S/C26H24N6O2S/c33-23-18-7-8-21(29-14-13-28-17-5-6-17)31-24(18)32-19-3-1-2-4-20(19)35-26(32)22(23)25(34)30-15-16-9-11-27-12-10-16/h1-4,7-12,17,28H,5-6,13-15H2,(H,29,31)(H,30,34). The predicted octanol–water partition coefficient (Wildman–Crippen LogP) is 3.55. The van der Waals surface area contributed by atoms with E-state index in [1.165, 1.54) is 24.2 Å². The highest BCUT2D eigenvalue weighted by Gasteiger charge is 2.23. The van der Waals surface area contributed by atoms with Crippen LogP contribution in [0.25, 0.3) is 26.1 Å². The molecule has 1 aliphatic carbocycles. The van der Waals surface area contributed by atoms with Crippen LogP contribution >= 0.6 is 11.3 Å². The van der Waals surface area contributed by atoms with Crippen molar-refractivity contribution in [3.05, 3.63) is 82.3 Å². The Hall–Kier alpha value is -3.82. The fourth-order valence-electron chi connectivity index (χ4n) is 4.21. The lowest BCUT2D eigenvalue weighted by Crippen LogP contribution is -2.29. The van der Waals surface area contributed by atoms with E-state index < -0.39 is 5.91 Å². The monoisotopic (exact) mass is 484 g/mol. The number of hydrogen-bond acceptors (Lipinski definition) is 7. The second-order valence-corrected chi connectivity index (χ2v) is 9.71. The van der Waals surface area contributed by atoms with Gasteiger partial charge in [-0.3, -0.25) is 19.0 Å². The van der Waals surface area contributed by atoms with Gasteiger partial charge in [0.15, 0.2) is 5.65 Å². The molecule has 1 amide bonds. The Kier molecular flexibility index (Phi) is 5.63. The van der Waals surface area contributed by atoms with E-state index in [-0.39, 0.29) is 11.0 Å². The van der Waals surface area contributed by atoms with Crippen LogP contribution in [-0.4, -0.2) is 39.4 Å². The minimum atomic E-state index is -0.397. The van der Waals surface area contributed by atoms with Gasteiger partial charge in [0.05, 0.1) is 15.6 Å². The van der Waals surface area contributed by atoms with E-state index in [4.69, 9.17) is 4.98 Å². The first-order valence-corrected chi connectivity index (χ1v) is 12.5. The second-order valence-electron chi connectivity index (χ2n) is 8.68. The third-order valence-corrected chi connectivity index (χ3v) is 7.30. The maximum atomic E-state index is 13.6. The quantitative estimate of drug-likeness (QED) is 0.291. The number of rotatable bonds is 8. The summed E-state index contributed by atoms with van der Waals surface area (Å²) in [6.45, 7) is 1.91. The number of benzene rings is 1. The van der Waals surface area contributed by atoms with Crippen LogP contribution in [-0.2, 0) is 6.54 Å². The maximum absolute atomic E-state index is 13.6. The molecule has 1 aliphatic rings. The number of fused-ring (bicyclic) bond motifs is 5. The van der Waals surface area contributed by atoms with Gasteiger partial charge in [-0.05, 0) is 54.8 Å². The summed E-state index contributed by atoms with van der Waals surface area (Å²) in [7, 11) is 0. The number of carbonyl (C=O) groups excluding carboxylic acids is 1. The molecule has 3 N–H and O–H groups in total. The van der Waals surface area contributed by atoms with Gasteiger partial charge >= 0.3 is 0 Å². The Balaban J connectivity index is 1.42. The molecule has 0 aliphatic heterocycles. The van der Waals surface area contributed by atoms with Gasteiger partial charge in [0.2, 0.25) is 5.43 Å². The summed E-state index contributed by atoms with van der Waals surface area (Å²) < 4.78 is 2.92. The molecule has 35 heavy (non-hydrogen) atoms.